The molecule has 0 aromatic carbocycles. The molecule has 0 aliphatic carbocycles. The van der Waals surface area contributed by atoms with Crippen LogP contribution in [0.1, 0.15) is 19.3 Å². The van der Waals surface area contributed by atoms with E-state index in [1.54, 1.807) is 0 Å². The molecule has 0 rings (SSSR count). The molecular formula is C7H13Cl3O. The molecule has 0 amide bonds. The largest absolute Gasteiger partial charge is 0.395 e. The van der Waals surface area contributed by atoms with Crippen LogP contribution in [0, 0.1) is 0 Å². The van der Waals surface area contributed by atoms with Crippen molar-refractivity contribution in [2.24, 2.45) is 0 Å². The van der Waals surface area contributed by atoms with Gasteiger partial charge in [0.25, 0.3) is 0 Å². The zero-order chi connectivity index (χ0) is 8.69. The first kappa shape index (κ1) is 11.8. The van der Waals surface area contributed by atoms with Gasteiger partial charge in [0.05, 0.1) is 12.0 Å². The summed E-state index contributed by atoms with van der Waals surface area (Å²) >= 11 is 16.9. The standard InChI is InChI=1S/C7H13Cl3O/c8-4-6(9)2-1-3-7(10)5-11/h6-7,11H,1-5H2/t6-,7+/m1/s1. The summed E-state index contributed by atoms with van der Waals surface area (Å²) in [6.45, 7) is 0.0371. The minimum atomic E-state index is -0.130. The average molecular weight is 220 g/mol. The van der Waals surface area contributed by atoms with Gasteiger partial charge in [-0.05, 0) is 12.8 Å². The molecule has 0 bridgehead atoms. The summed E-state index contributed by atoms with van der Waals surface area (Å²) in [7, 11) is 0. The van der Waals surface area contributed by atoms with E-state index in [9.17, 15) is 0 Å². The molecule has 0 aliphatic rings. The van der Waals surface area contributed by atoms with Gasteiger partial charge in [0.1, 0.15) is 0 Å². The lowest BCUT2D eigenvalue weighted by Gasteiger charge is -2.07. The maximum atomic E-state index is 8.57. The maximum absolute atomic E-state index is 8.57. The van der Waals surface area contributed by atoms with Crippen LogP contribution in [0.5, 0.6) is 0 Å². The molecule has 1 nitrogen and oxygen atoms in total. The van der Waals surface area contributed by atoms with Crippen molar-refractivity contribution in [3.63, 3.8) is 0 Å². The van der Waals surface area contributed by atoms with Crippen LogP contribution >= 0.6 is 34.8 Å². The predicted molar refractivity (Wildman–Crippen MR) is 50.9 cm³/mol. The van der Waals surface area contributed by atoms with E-state index in [0.29, 0.717) is 5.88 Å². The van der Waals surface area contributed by atoms with Crippen molar-refractivity contribution in [3.8, 4) is 0 Å². The lowest BCUT2D eigenvalue weighted by Crippen LogP contribution is -2.06. The number of rotatable bonds is 6. The third-order valence-electron chi connectivity index (χ3n) is 1.40. The van der Waals surface area contributed by atoms with Crippen LogP contribution < -0.4 is 0 Å². The lowest BCUT2D eigenvalue weighted by atomic mass is 10.1. The van der Waals surface area contributed by atoms with Crippen molar-refractivity contribution < 1.29 is 5.11 Å². The minimum Gasteiger partial charge on any atom is -0.395 e. The van der Waals surface area contributed by atoms with Gasteiger partial charge in [-0.25, -0.2) is 0 Å². The summed E-state index contributed by atoms with van der Waals surface area (Å²) < 4.78 is 0. The third-order valence-corrected chi connectivity index (χ3v) is 2.66. The molecular weight excluding hydrogens is 206 g/mol. The summed E-state index contributed by atoms with van der Waals surface area (Å²) in [6.07, 6.45) is 2.60. The van der Waals surface area contributed by atoms with Crippen molar-refractivity contribution >= 4 is 34.8 Å². The van der Waals surface area contributed by atoms with E-state index in [0.717, 1.165) is 19.3 Å². The van der Waals surface area contributed by atoms with Gasteiger partial charge in [-0.1, -0.05) is 6.42 Å². The fourth-order valence-electron chi connectivity index (χ4n) is 0.729. The highest BCUT2D eigenvalue weighted by molar-refractivity contribution is 6.28. The van der Waals surface area contributed by atoms with E-state index in [2.05, 4.69) is 0 Å². The Hall–Kier alpha value is 0.830. The second-order valence-electron chi connectivity index (χ2n) is 2.46. The van der Waals surface area contributed by atoms with Gasteiger partial charge in [-0.3, -0.25) is 0 Å². The van der Waals surface area contributed by atoms with Crippen molar-refractivity contribution in [2.45, 2.75) is 30.0 Å². The SMILES string of the molecule is OC[C@@H](Cl)CCC[C@@H](Cl)CCl. The zero-order valence-electron chi connectivity index (χ0n) is 6.27. The van der Waals surface area contributed by atoms with Gasteiger partial charge in [0.2, 0.25) is 0 Å². The van der Waals surface area contributed by atoms with E-state index in [-0.39, 0.29) is 17.4 Å². The molecule has 0 saturated carbocycles. The summed E-state index contributed by atoms with van der Waals surface area (Å²) in [6, 6.07) is 0. The highest BCUT2D eigenvalue weighted by Gasteiger charge is 2.05. The Morgan fingerprint density at radius 1 is 1.09 bits per heavy atom. The second-order valence-corrected chi connectivity index (χ2v) is 4.01. The van der Waals surface area contributed by atoms with Gasteiger partial charge in [0, 0.05) is 11.3 Å². The molecule has 1 N–H and O–H groups in total. The van der Waals surface area contributed by atoms with E-state index in [1.807, 2.05) is 0 Å². The predicted octanol–water partition coefficient (Wildman–Crippen LogP) is 2.60. The van der Waals surface area contributed by atoms with Crippen LogP contribution in [-0.2, 0) is 0 Å². The van der Waals surface area contributed by atoms with Crippen LogP contribution in [0.3, 0.4) is 0 Å². The Morgan fingerprint density at radius 3 is 2.09 bits per heavy atom. The number of aliphatic hydroxyl groups excluding tert-OH is 1. The molecule has 68 valence electrons. The quantitative estimate of drug-likeness (QED) is 0.681. The van der Waals surface area contributed by atoms with Crippen molar-refractivity contribution in [1.82, 2.24) is 0 Å². The smallest absolute Gasteiger partial charge is 0.0595 e. The van der Waals surface area contributed by atoms with Crippen molar-refractivity contribution in [3.05, 3.63) is 0 Å². The number of hydrogen-bond acceptors (Lipinski definition) is 1. The highest BCUT2D eigenvalue weighted by atomic mass is 35.5. The summed E-state index contributed by atoms with van der Waals surface area (Å²) in [5, 5.41) is 8.48. The van der Waals surface area contributed by atoms with Crippen molar-refractivity contribution in [2.75, 3.05) is 12.5 Å². The maximum Gasteiger partial charge on any atom is 0.0595 e. The monoisotopic (exact) mass is 218 g/mol. The van der Waals surface area contributed by atoms with E-state index < -0.39 is 0 Å². The minimum absolute atomic E-state index is 0.0371. The Balaban J connectivity index is 3.13. The van der Waals surface area contributed by atoms with Gasteiger partial charge in [0.15, 0.2) is 0 Å². The van der Waals surface area contributed by atoms with E-state index in [4.69, 9.17) is 39.9 Å². The Bertz CT molecular complexity index is 79.8. The van der Waals surface area contributed by atoms with E-state index >= 15 is 0 Å². The average Bonchev–Trinajstić information content (AvgIpc) is 2.04. The number of aliphatic hydroxyl groups is 1. The molecule has 11 heavy (non-hydrogen) atoms. The van der Waals surface area contributed by atoms with Crippen LogP contribution in [-0.4, -0.2) is 28.3 Å². The molecule has 0 saturated heterocycles. The van der Waals surface area contributed by atoms with Gasteiger partial charge < -0.3 is 5.11 Å². The topological polar surface area (TPSA) is 20.2 Å². The first-order valence-corrected chi connectivity index (χ1v) is 5.06. The first-order valence-electron chi connectivity index (χ1n) is 3.65. The molecule has 4 heteroatoms. The molecule has 2 atom stereocenters. The number of halogens is 3. The summed E-state index contributed by atoms with van der Waals surface area (Å²) in [5.41, 5.74) is 0. The molecule has 0 fully saturated rings. The molecule has 0 aromatic rings. The summed E-state index contributed by atoms with van der Waals surface area (Å²) in [5.74, 6) is 0.480. The van der Waals surface area contributed by atoms with Gasteiger partial charge in [-0.15, -0.1) is 34.8 Å². The fourth-order valence-corrected chi connectivity index (χ4v) is 1.19. The number of hydrogen-bond donors (Lipinski definition) is 1. The van der Waals surface area contributed by atoms with Crippen LogP contribution in [0.15, 0.2) is 0 Å². The van der Waals surface area contributed by atoms with Crippen LogP contribution in [0.4, 0.5) is 0 Å². The molecule has 0 spiro atoms. The van der Waals surface area contributed by atoms with Crippen molar-refractivity contribution in [1.29, 1.82) is 0 Å². The molecule has 0 aliphatic heterocycles. The lowest BCUT2D eigenvalue weighted by molar-refractivity contribution is 0.286. The molecule has 0 unspecified atom stereocenters. The number of alkyl halides is 3. The van der Waals surface area contributed by atoms with Gasteiger partial charge >= 0.3 is 0 Å². The Kier molecular flexibility index (Phi) is 8.04. The van der Waals surface area contributed by atoms with Crippen LogP contribution in [0.2, 0.25) is 0 Å². The second kappa shape index (κ2) is 7.48. The normalized spacial score (nSPS) is 16.4. The molecule has 0 heterocycles. The van der Waals surface area contributed by atoms with E-state index in [1.165, 1.54) is 0 Å². The zero-order valence-corrected chi connectivity index (χ0v) is 8.54. The Morgan fingerprint density at radius 2 is 1.64 bits per heavy atom. The molecule has 0 radical (unpaired) electrons. The first-order chi connectivity index (χ1) is 5.20. The van der Waals surface area contributed by atoms with Gasteiger partial charge in [-0.2, -0.15) is 0 Å². The summed E-state index contributed by atoms with van der Waals surface area (Å²) in [4.78, 5) is 0. The highest BCUT2D eigenvalue weighted by Crippen LogP contribution is 2.12. The van der Waals surface area contributed by atoms with Crippen LogP contribution in [0.25, 0.3) is 0 Å². The fraction of sp³-hybridized carbons (Fsp3) is 1.00. The Labute approximate surface area is 82.6 Å². The third kappa shape index (κ3) is 7.20. The molecule has 0 aromatic heterocycles.